The molecule has 0 atom stereocenters. The SMILES string of the molecule is CN(C(=O)CCCOc1ccc(F)cc1F)C1CCNCC1.Cl. The van der Waals surface area contributed by atoms with Crippen LogP contribution in [0.3, 0.4) is 0 Å². The number of hydrogen-bond acceptors (Lipinski definition) is 3. The van der Waals surface area contributed by atoms with E-state index in [0.717, 1.165) is 38.1 Å². The third-order valence-electron chi connectivity index (χ3n) is 3.94. The Balaban J connectivity index is 0.00000264. The molecular weight excluding hydrogens is 326 g/mol. The first-order valence-corrected chi connectivity index (χ1v) is 7.62. The maximum absolute atomic E-state index is 13.4. The largest absolute Gasteiger partial charge is 0.491 e. The van der Waals surface area contributed by atoms with E-state index in [9.17, 15) is 13.6 Å². The third kappa shape index (κ3) is 5.95. The van der Waals surface area contributed by atoms with Crippen LogP contribution in [0.1, 0.15) is 25.7 Å². The zero-order valence-electron chi connectivity index (χ0n) is 13.2. The molecule has 1 saturated heterocycles. The fraction of sp³-hybridized carbons (Fsp3) is 0.562. The molecular formula is C16H23ClF2N2O2. The van der Waals surface area contributed by atoms with Gasteiger partial charge in [-0.2, -0.15) is 0 Å². The number of rotatable bonds is 6. The van der Waals surface area contributed by atoms with Crippen LogP contribution in [0.2, 0.25) is 0 Å². The van der Waals surface area contributed by atoms with Crippen LogP contribution in [0.4, 0.5) is 8.78 Å². The number of benzene rings is 1. The monoisotopic (exact) mass is 348 g/mol. The van der Waals surface area contributed by atoms with Gasteiger partial charge in [0, 0.05) is 25.6 Å². The first kappa shape index (κ1) is 19.6. The molecule has 7 heteroatoms. The molecule has 1 amide bonds. The number of ether oxygens (including phenoxy) is 1. The van der Waals surface area contributed by atoms with Gasteiger partial charge in [-0.05, 0) is 44.5 Å². The number of nitrogens with one attached hydrogen (secondary N) is 1. The van der Waals surface area contributed by atoms with Crippen molar-refractivity contribution in [3.63, 3.8) is 0 Å². The molecule has 1 N–H and O–H groups in total. The molecule has 0 bridgehead atoms. The predicted octanol–water partition coefficient (Wildman–Crippen LogP) is 2.76. The highest BCUT2D eigenvalue weighted by atomic mass is 35.5. The van der Waals surface area contributed by atoms with Crippen LogP contribution in [0.5, 0.6) is 5.75 Å². The number of hydrogen-bond donors (Lipinski definition) is 1. The molecule has 4 nitrogen and oxygen atoms in total. The van der Waals surface area contributed by atoms with E-state index in [1.165, 1.54) is 6.07 Å². The van der Waals surface area contributed by atoms with E-state index in [1.807, 2.05) is 7.05 Å². The number of carbonyl (C=O) groups is 1. The highest BCUT2D eigenvalue weighted by Gasteiger charge is 2.21. The zero-order chi connectivity index (χ0) is 15.9. The fourth-order valence-electron chi connectivity index (χ4n) is 2.57. The van der Waals surface area contributed by atoms with Gasteiger partial charge in [-0.25, -0.2) is 8.78 Å². The van der Waals surface area contributed by atoms with Crippen LogP contribution in [-0.4, -0.2) is 43.6 Å². The maximum Gasteiger partial charge on any atom is 0.222 e. The van der Waals surface area contributed by atoms with E-state index >= 15 is 0 Å². The Kier molecular flexibility index (Phi) is 8.26. The first-order valence-electron chi connectivity index (χ1n) is 7.62. The number of amides is 1. The highest BCUT2D eigenvalue weighted by Crippen LogP contribution is 2.18. The van der Waals surface area contributed by atoms with Crippen LogP contribution in [0, 0.1) is 11.6 Å². The summed E-state index contributed by atoms with van der Waals surface area (Å²) in [5.41, 5.74) is 0. The summed E-state index contributed by atoms with van der Waals surface area (Å²) in [7, 11) is 1.83. The first-order chi connectivity index (χ1) is 10.6. The van der Waals surface area contributed by atoms with Gasteiger partial charge in [-0.1, -0.05) is 0 Å². The lowest BCUT2D eigenvalue weighted by Crippen LogP contribution is -2.43. The molecule has 0 saturated carbocycles. The number of carbonyl (C=O) groups excluding carboxylic acids is 1. The molecule has 1 aliphatic rings. The number of nitrogens with zero attached hydrogens (tertiary/aromatic N) is 1. The standard InChI is InChI=1S/C16H22F2N2O2.ClH/c1-20(13-6-8-19-9-7-13)16(21)3-2-10-22-15-5-4-12(17)11-14(15)18;/h4-5,11,13,19H,2-3,6-10H2,1H3;1H. The smallest absolute Gasteiger partial charge is 0.222 e. The Bertz CT molecular complexity index is 511. The van der Waals surface area contributed by atoms with Crippen molar-refractivity contribution in [2.24, 2.45) is 0 Å². The summed E-state index contributed by atoms with van der Waals surface area (Å²) in [5, 5.41) is 3.27. The minimum Gasteiger partial charge on any atom is -0.491 e. The van der Waals surface area contributed by atoms with Gasteiger partial charge in [0.15, 0.2) is 11.6 Å². The van der Waals surface area contributed by atoms with E-state index < -0.39 is 11.6 Å². The predicted molar refractivity (Wildman–Crippen MR) is 87.0 cm³/mol. The van der Waals surface area contributed by atoms with Gasteiger partial charge in [0.25, 0.3) is 0 Å². The van der Waals surface area contributed by atoms with Crippen molar-refractivity contribution >= 4 is 18.3 Å². The Morgan fingerprint density at radius 2 is 2.04 bits per heavy atom. The minimum atomic E-state index is -0.724. The molecule has 1 aliphatic heterocycles. The van der Waals surface area contributed by atoms with Crippen molar-refractivity contribution in [1.29, 1.82) is 0 Å². The number of halogens is 3. The second-order valence-corrected chi connectivity index (χ2v) is 5.51. The normalized spacial score (nSPS) is 14.9. The Hall–Kier alpha value is -1.40. The van der Waals surface area contributed by atoms with Crippen LogP contribution in [0.15, 0.2) is 18.2 Å². The maximum atomic E-state index is 13.4. The van der Waals surface area contributed by atoms with Crippen molar-refractivity contribution in [3.05, 3.63) is 29.8 Å². The van der Waals surface area contributed by atoms with Crippen LogP contribution < -0.4 is 10.1 Å². The summed E-state index contributed by atoms with van der Waals surface area (Å²) < 4.78 is 31.4. The highest BCUT2D eigenvalue weighted by molar-refractivity contribution is 5.85. The molecule has 0 aliphatic carbocycles. The molecule has 0 spiro atoms. The van der Waals surface area contributed by atoms with Crippen LogP contribution >= 0.6 is 12.4 Å². The molecule has 23 heavy (non-hydrogen) atoms. The molecule has 0 unspecified atom stereocenters. The van der Waals surface area contributed by atoms with E-state index in [1.54, 1.807) is 4.90 Å². The molecule has 1 heterocycles. The average molecular weight is 349 g/mol. The van der Waals surface area contributed by atoms with Gasteiger partial charge >= 0.3 is 0 Å². The topological polar surface area (TPSA) is 41.6 Å². The fourth-order valence-corrected chi connectivity index (χ4v) is 2.57. The summed E-state index contributed by atoms with van der Waals surface area (Å²) in [6.45, 7) is 2.11. The van der Waals surface area contributed by atoms with Crippen LogP contribution in [-0.2, 0) is 4.79 Å². The quantitative estimate of drug-likeness (QED) is 0.804. The van der Waals surface area contributed by atoms with E-state index in [4.69, 9.17) is 4.74 Å². The van der Waals surface area contributed by atoms with Gasteiger partial charge in [-0.15, -0.1) is 12.4 Å². The van der Waals surface area contributed by atoms with Crippen molar-refractivity contribution < 1.29 is 18.3 Å². The van der Waals surface area contributed by atoms with Crippen LogP contribution in [0.25, 0.3) is 0 Å². The summed E-state index contributed by atoms with van der Waals surface area (Å²) in [4.78, 5) is 13.9. The Morgan fingerprint density at radius 3 is 2.70 bits per heavy atom. The van der Waals surface area contributed by atoms with Gasteiger partial charge in [0.2, 0.25) is 5.91 Å². The molecule has 1 aromatic carbocycles. The van der Waals surface area contributed by atoms with Crippen molar-refractivity contribution in [3.8, 4) is 5.75 Å². The molecule has 2 rings (SSSR count). The molecule has 1 aromatic rings. The van der Waals surface area contributed by atoms with Crippen molar-refractivity contribution in [2.45, 2.75) is 31.7 Å². The summed E-state index contributed by atoms with van der Waals surface area (Å²) in [6, 6.07) is 3.48. The third-order valence-corrected chi connectivity index (χ3v) is 3.94. The zero-order valence-corrected chi connectivity index (χ0v) is 14.0. The molecule has 130 valence electrons. The van der Waals surface area contributed by atoms with E-state index in [2.05, 4.69) is 5.32 Å². The molecule has 1 fully saturated rings. The van der Waals surface area contributed by atoms with Crippen molar-refractivity contribution in [1.82, 2.24) is 10.2 Å². The van der Waals surface area contributed by atoms with Crippen molar-refractivity contribution in [2.75, 3.05) is 26.7 Å². The van der Waals surface area contributed by atoms with Gasteiger partial charge in [-0.3, -0.25) is 4.79 Å². The van der Waals surface area contributed by atoms with E-state index in [-0.39, 0.29) is 30.7 Å². The molecule has 0 radical (unpaired) electrons. The Labute approximate surface area is 141 Å². The van der Waals surface area contributed by atoms with E-state index in [0.29, 0.717) is 18.9 Å². The van der Waals surface area contributed by atoms with Gasteiger partial charge in [0.1, 0.15) is 5.82 Å². The van der Waals surface area contributed by atoms with Gasteiger partial charge in [0.05, 0.1) is 6.61 Å². The lowest BCUT2D eigenvalue weighted by molar-refractivity contribution is -0.132. The second kappa shape index (κ2) is 9.67. The lowest BCUT2D eigenvalue weighted by atomic mass is 10.0. The summed E-state index contributed by atoms with van der Waals surface area (Å²) >= 11 is 0. The summed E-state index contributed by atoms with van der Waals surface area (Å²) in [6.07, 6.45) is 2.81. The lowest BCUT2D eigenvalue weighted by Gasteiger charge is -2.31. The molecule has 0 aromatic heterocycles. The average Bonchev–Trinajstić information content (AvgIpc) is 2.53. The Morgan fingerprint density at radius 1 is 1.35 bits per heavy atom. The second-order valence-electron chi connectivity index (χ2n) is 5.51. The minimum absolute atomic E-state index is 0. The number of piperidine rings is 1. The summed E-state index contributed by atoms with van der Waals surface area (Å²) in [5.74, 6) is -1.27. The van der Waals surface area contributed by atoms with Gasteiger partial charge < -0.3 is 15.0 Å².